The van der Waals surface area contributed by atoms with E-state index in [-0.39, 0.29) is 12.1 Å². The van der Waals surface area contributed by atoms with Crippen LogP contribution in [0.15, 0.2) is 22.9 Å². The molecule has 84 valence electrons. The highest BCUT2D eigenvalue weighted by atomic mass is 79.9. The Morgan fingerprint density at radius 2 is 2.27 bits per heavy atom. The Morgan fingerprint density at radius 1 is 1.53 bits per heavy atom. The van der Waals surface area contributed by atoms with Gasteiger partial charge in [0.1, 0.15) is 0 Å². The molecule has 1 aromatic rings. The Labute approximate surface area is 99.2 Å². The number of pyridine rings is 1. The molecule has 0 amide bonds. The van der Waals surface area contributed by atoms with Crippen LogP contribution in [0.2, 0.25) is 0 Å². The van der Waals surface area contributed by atoms with Gasteiger partial charge in [-0.3, -0.25) is 4.98 Å². The fourth-order valence-electron chi connectivity index (χ4n) is 1.48. The lowest BCUT2D eigenvalue weighted by molar-refractivity contribution is 0.104. The molecule has 0 radical (unpaired) electrons. The van der Waals surface area contributed by atoms with Gasteiger partial charge in [0.2, 0.25) is 0 Å². The number of methoxy groups -OCH3 is 1. The summed E-state index contributed by atoms with van der Waals surface area (Å²) in [7, 11) is 1.71. The summed E-state index contributed by atoms with van der Waals surface area (Å²) < 4.78 is 6.17. The Kier molecular flexibility index (Phi) is 5.22. The van der Waals surface area contributed by atoms with Gasteiger partial charge in [-0.25, -0.2) is 0 Å². The van der Waals surface area contributed by atoms with E-state index in [0.717, 1.165) is 22.9 Å². The highest BCUT2D eigenvalue weighted by molar-refractivity contribution is 9.10. The predicted molar refractivity (Wildman–Crippen MR) is 64.7 cm³/mol. The fraction of sp³-hybridized carbons (Fsp3) is 0.545. The molecule has 0 saturated heterocycles. The first kappa shape index (κ1) is 12.6. The zero-order valence-electron chi connectivity index (χ0n) is 9.11. The van der Waals surface area contributed by atoms with Crippen LogP contribution in [0, 0.1) is 0 Å². The third-order valence-electron chi connectivity index (χ3n) is 2.30. The van der Waals surface area contributed by atoms with Crippen molar-refractivity contribution in [2.75, 3.05) is 7.11 Å². The van der Waals surface area contributed by atoms with Gasteiger partial charge in [-0.05, 0) is 47.3 Å². The SMILES string of the molecule is COC(C)CC(N)Cc1cncc(Br)c1. The normalized spacial score (nSPS) is 14.9. The van der Waals surface area contributed by atoms with Gasteiger partial charge in [-0.15, -0.1) is 0 Å². The van der Waals surface area contributed by atoms with Crippen molar-refractivity contribution in [3.8, 4) is 0 Å². The topological polar surface area (TPSA) is 48.1 Å². The van der Waals surface area contributed by atoms with Crippen LogP contribution in [0.1, 0.15) is 18.9 Å². The number of hydrogen-bond donors (Lipinski definition) is 1. The van der Waals surface area contributed by atoms with Gasteiger partial charge < -0.3 is 10.5 Å². The molecule has 0 aromatic carbocycles. The van der Waals surface area contributed by atoms with E-state index >= 15 is 0 Å². The van der Waals surface area contributed by atoms with E-state index in [1.54, 1.807) is 13.3 Å². The third-order valence-corrected chi connectivity index (χ3v) is 2.73. The first-order valence-electron chi connectivity index (χ1n) is 4.99. The molecule has 15 heavy (non-hydrogen) atoms. The average Bonchev–Trinajstić information content (AvgIpc) is 2.17. The minimum absolute atomic E-state index is 0.121. The van der Waals surface area contributed by atoms with Crippen LogP contribution in [-0.2, 0) is 11.2 Å². The number of aromatic nitrogens is 1. The summed E-state index contributed by atoms with van der Waals surface area (Å²) in [5.41, 5.74) is 7.16. The maximum atomic E-state index is 6.01. The molecule has 2 atom stereocenters. The van der Waals surface area contributed by atoms with E-state index in [1.807, 2.05) is 19.2 Å². The first-order chi connectivity index (χ1) is 7.11. The fourth-order valence-corrected chi connectivity index (χ4v) is 1.89. The quantitative estimate of drug-likeness (QED) is 0.894. The number of halogens is 1. The van der Waals surface area contributed by atoms with Crippen LogP contribution < -0.4 is 5.73 Å². The Hall–Kier alpha value is -0.450. The first-order valence-corrected chi connectivity index (χ1v) is 5.79. The van der Waals surface area contributed by atoms with Crippen molar-refractivity contribution in [2.24, 2.45) is 5.73 Å². The van der Waals surface area contributed by atoms with Crippen molar-refractivity contribution >= 4 is 15.9 Å². The zero-order chi connectivity index (χ0) is 11.3. The smallest absolute Gasteiger partial charge is 0.0558 e. The summed E-state index contributed by atoms with van der Waals surface area (Å²) in [5, 5.41) is 0. The largest absolute Gasteiger partial charge is 0.382 e. The Bertz CT molecular complexity index is 306. The molecule has 1 aromatic heterocycles. The molecule has 0 spiro atoms. The maximum absolute atomic E-state index is 6.01. The van der Waals surface area contributed by atoms with E-state index in [1.165, 1.54) is 0 Å². The van der Waals surface area contributed by atoms with Crippen LogP contribution in [0.4, 0.5) is 0 Å². The lowest BCUT2D eigenvalue weighted by Crippen LogP contribution is -2.27. The molecule has 0 aliphatic heterocycles. The van der Waals surface area contributed by atoms with Crippen LogP contribution in [0.25, 0.3) is 0 Å². The van der Waals surface area contributed by atoms with Crippen molar-refractivity contribution in [3.63, 3.8) is 0 Å². The second-order valence-electron chi connectivity index (χ2n) is 3.76. The third kappa shape index (κ3) is 4.73. The Morgan fingerprint density at radius 3 is 2.87 bits per heavy atom. The van der Waals surface area contributed by atoms with Crippen LogP contribution >= 0.6 is 15.9 Å². The van der Waals surface area contributed by atoms with Crippen LogP contribution in [0.3, 0.4) is 0 Å². The van der Waals surface area contributed by atoms with Gasteiger partial charge in [-0.1, -0.05) is 0 Å². The van der Waals surface area contributed by atoms with Crippen molar-refractivity contribution in [1.82, 2.24) is 4.98 Å². The summed E-state index contributed by atoms with van der Waals surface area (Å²) in [6.07, 6.45) is 5.53. The predicted octanol–water partition coefficient (Wildman–Crippen LogP) is 2.14. The number of nitrogens with two attached hydrogens (primary N) is 1. The molecular formula is C11H17BrN2O. The van der Waals surface area contributed by atoms with Gasteiger partial charge in [-0.2, -0.15) is 0 Å². The van der Waals surface area contributed by atoms with E-state index in [2.05, 4.69) is 20.9 Å². The van der Waals surface area contributed by atoms with Crippen molar-refractivity contribution < 1.29 is 4.74 Å². The summed E-state index contributed by atoms with van der Waals surface area (Å²) in [5.74, 6) is 0. The molecular weight excluding hydrogens is 256 g/mol. The number of hydrogen-bond acceptors (Lipinski definition) is 3. The molecule has 3 nitrogen and oxygen atoms in total. The second-order valence-corrected chi connectivity index (χ2v) is 4.67. The maximum Gasteiger partial charge on any atom is 0.0558 e. The molecule has 1 heterocycles. The minimum atomic E-state index is 0.121. The minimum Gasteiger partial charge on any atom is -0.382 e. The number of rotatable bonds is 5. The van der Waals surface area contributed by atoms with E-state index in [9.17, 15) is 0 Å². The van der Waals surface area contributed by atoms with E-state index < -0.39 is 0 Å². The second kappa shape index (κ2) is 6.20. The summed E-state index contributed by atoms with van der Waals surface area (Å²) >= 11 is 3.39. The lowest BCUT2D eigenvalue weighted by Gasteiger charge is -2.15. The summed E-state index contributed by atoms with van der Waals surface area (Å²) in [6, 6.07) is 2.17. The number of nitrogens with zero attached hydrogens (tertiary/aromatic N) is 1. The molecule has 1 rings (SSSR count). The molecule has 0 bridgehead atoms. The van der Waals surface area contributed by atoms with Gasteiger partial charge in [0.25, 0.3) is 0 Å². The molecule has 0 aliphatic rings. The van der Waals surface area contributed by atoms with E-state index in [0.29, 0.717) is 0 Å². The van der Waals surface area contributed by atoms with Gasteiger partial charge in [0, 0.05) is 30.0 Å². The summed E-state index contributed by atoms with van der Waals surface area (Å²) in [4.78, 5) is 4.10. The van der Waals surface area contributed by atoms with Gasteiger partial charge in [0.05, 0.1) is 6.10 Å². The molecule has 2 N–H and O–H groups in total. The van der Waals surface area contributed by atoms with E-state index in [4.69, 9.17) is 10.5 Å². The van der Waals surface area contributed by atoms with Crippen molar-refractivity contribution in [1.29, 1.82) is 0 Å². The lowest BCUT2D eigenvalue weighted by atomic mass is 10.0. The van der Waals surface area contributed by atoms with Gasteiger partial charge in [0.15, 0.2) is 0 Å². The number of ether oxygens (including phenoxy) is 1. The standard InChI is InChI=1S/C11H17BrN2O/c1-8(15-2)3-11(13)5-9-4-10(12)7-14-6-9/h4,6-8,11H,3,5,13H2,1-2H3. The zero-order valence-corrected chi connectivity index (χ0v) is 10.7. The van der Waals surface area contributed by atoms with Crippen molar-refractivity contribution in [2.45, 2.75) is 31.9 Å². The molecule has 4 heteroatoms. The van der Waals surface area contributed by atoms with Gasteiger partial charge >= 0.3 is 0 Å². The molecule has 2 unspecified atom stereocenters. The molecule has 0 fully saturated rings. The highest BCUT2D eigenvalue weighted by Gasteiger charge is 2.09. The average molecular weight is 273 g/mol. The summed E-state index contributed by atoms with van der Waals surface area (Å²) in [6.45, 7) is 2.03. The Balaban J connectivity index is 2.47. The van der Waals surface area contributed by atoms with Crippen LogP contribution in [-0.4, -0.2) is 24.2 Å². The molecule has 0 saturated carbocycles. The highest BCUT2D eigenvalue weighted by Crippen LogP contribution is 2.12. The van der Waals surface area contributed by atoms with Crippen LogP contribution in [0.5, 0.6) is 0 Å². The monoisotopic (exact) mass is 272 g/mol. The molecule has 0 aliphatic carbocycles. The van der Waals surface area contributed by atoms with Crippen molar-refractivity contribution in [3.05, 3.63) is 28.5 Å².